The van der Waals surface area contributed by atoms with Gasteiger partial charge in [-0.25, -0.2) is 0 Å². The molecule has 0 aliphatic carbocycles. The average Bonchev–Trinajstić information content (AvgIpc) is 1.67. The minimum absolute atomic E-state index is 0.402. The van der Waals surface area contributed by atoms with E-state index in [1.54, 1.807) is 0 Å². The number of alkyl halides is 1. The molecule has 0 aliphatic rings. The van der Waals surface area contributed by atoms with Crippen LogP contribution >= 0.6 is 22.6 Å². The summed E-state index contributed by atoms with van der Waals surface area (Å²) in [5.41, 5.74) is 4.57. The molecule has 0 bridgehead atoms. The molecule has 0 spiro atoms. The molecule has 0 rings (SSSR count). The first-order valence-corrected chi connectivity index (χ1v) is 3.34. The van der Waals surface area contributed by atoms with Gasteiger partial charge < -0.3 is 11.1 Å². The molecule has 0 radical (unpaired) electrons. The van der Waals surface area contributed by atoms with Gasteiger partial charge in [-0.2, -0.15) is 0 Å². The third kappa shape index (κ3) is 2.78. The van der Waals surface area contributed by atoms with Crippen LogP contribution in [0, 0.1) is 0 Å². The predicted molar refractivity (Wildman–Crippen MR) is 36.2 cm³/mol. The highest BCUT2D eigenvalue weighted by Crippen LogP contribution is 1.72. The molecule has 5 heteroatoms. The summed E-state index contributed by atoms with van der Waals surface area (Å²) in [6.07, 6.45) is 0. The summed E-state index contributed by atoms with van der Waals surface area (Å²) < 4.78 is 0.402. The molecule has 0 atom stereocenters. The van der Waals surface area contributed by atoms with E-state index in [1.807, 2.05) is 22.6 Å². The van der Waals surface area contributed by atoms with E-state index in [0.717, 1.165) is 0 Å². The van der Waals surface area contributed by atoms with Crippen molar-refractivity contribution in [1.82, 2.24) is 5.32 Å². The van der Waals surface area contributed by atoms with Gasteiger partial charge in [0, 0.05) is 0 Å². The summed E-state index contributed by atoms with van der Waals surface area (Å²) in [6.45, 7) is 0. The molecule has 0 aromatic carbocycles. The first-order valence-electron chi connectivity index (χ1n) is 1.82. The highest BCUT2D eigenvalue weighted by molar-refractivity contribution is 14.1. The molecule has 4 nitrogen and oxygen atoms in total. The molecular formula is C3H5IN2O2. The molecule has 0 fully saturated rings. The third-order valence-electron chi connectivity index (χ3n) is 0.451. The Kier molecular flexibility index (Phi) is 3.49. The van der Waals surface area contributed by atoms with E-state index in [1.165, 1.54) is 0 Å². The maximum atomic E-state index is 10.2. The Bertz CT molecular complexity index is 114. The van der Waals surface area contributed by atoms with Crippen molar-refractivity contribution in [2.75, 3.05) is 4.55 Å². The average molecular weight is 228 g/mol. The van der Waals surface area contributed by atoms with Crippen LogP contribution in [0.5, 0.6) is 0 Å². The van der Waals surface area contributed by atoms with Crippen LogP contribution in [0.4, 0.5) is 0 Å². The Hall–Kier alpha value is -0.330. The molecule has 3 N–H and O–H groups in total. The van der Waals surface area contributed by atoms with Gasteiger partial charge in [0.1, 0.15) is 0 Å². The molecule has 0 saturated carbocycles. The molecular weight excluding hydrogens is 223 g/mol. The normalized spacial score (nSPS) is 8.12. The van der Waals surface area contributed by atoms with Crippen molar-refractivity contribution in [3.8, 4) is 0 Å². The Morgan fingerprint density at radius 3 is 2.25 bits per heavy atom. The summed E-state index contributed by atoms with van der Waals surface area (Å²) in [6, 6.07) is 0. The topological polar surface area (TPSA) is 72.2 Å². The number of primary amides is 1. The fourth-order valence-electron chi connectivity index (χ4n) is 0.148. The van der Waals surface area contributed by atoms with Gasteiger partial charge in [0.05, 0.1) is 4.55 Å². The third-order valence-corrected chi connectivity index (χ3v) is 0.833. The predicted octanol–water partition coefficient (Wildman–Crippen LogP) is -1.02. The van der Waals surface area contributed by atoms with Gasteiger partial charge in [0.2, 0.25) is 0 Å². The molecule has 2 amide bonds. The van der Waals surface area contributed by atoms with E-state index in [4.69, 9.17) is 0 Å². The fraction of sp³-hybridized carbons (Fsp3) is 0.333. The SMILES string of the molecule is NC(=O)C(=O)NCI. The number of hydrogen-bond acceptors (Lipinski definition) is 2. The lowest BCUT2D eigenvalue weighted by molar-refractivity contribution is -0.137. The van der Waals surface area contributed by atoms with E-state index >= 15 is 0 Å². The lowest BCUT2D eigenvalue weighted by Gasteiger charge is -1.91. The van der Waals surface area contributed by atoms with Crippen LogP contribution in [-0.2, 0) is 9.59 Å². The van der Waals surface area contributed by atoms with E-state index < -0.39 is 11.8 Å². The number of nitrogens with two attached hydrogens (primary N) is 1. The molecule has 0 aliphatic heterocycles. The summed E-state index contributed by atoms with van der Waals surface area (Å²) in [5.74, 6) is -1.68. The van der Waals surface area contributed by atoms with Crippen molar-refractivity contribution in [2.24, 2.45) is 5.73 Å². The molecule has 46 valence electrons. The first-order chi connectivity index (χ1) is 3.68. The first kappa shape index (κ1) is 7.67. The standard InChI is InChI=1S/C3H5IN2O2/c4-1-6-3(8)2(5)7/h1H2,(H2,5,7)(H,6,8). The van der Waals surface area contributed by atoms with E-state index in [2.05, 4.69) is 11.1 Å². The zero-order valence-corrected chi connectivity index (χ0v) is 6.14. The number of amides is 2. The van der Waals surface area contributed by atoms with Gasteiger partial charge in [-0.05, 0) is 0 Å². The van der Waals surface area contributed by atoms with Gasteiger partial charge in [0.25, 0.3) is 0 Å². The number of nitrogens with one attached hydrogen (secondary N) is 1. The van der Waals surface area contributed by atoms with E-state index in [0.29, 0.717) is 4.55 Å². The summed E-state index contributed by atoms with van der Waals surface area (Å²) in [5, 5.41) is 2.22. The maximum Gasteiger partial charge on any atom is 0.309 e. The van der Waals surface area contributed by atoms with Crippen molar-refractivity contribution < 1.29 is 9.59 Å². The summed E-state index contributed by atoms with van der Waals surface area (Å²) >= 11 is 1.90. The van der Waals surface area contributed by atoms with Crippen molar-refractivity contribution in [1.29, 1.82) is 0 Å². The van der Waals surface area contributed by atoms with Crippen LogP contribution in [0.2, 0.25) is 0 Å². The van der Waals surface area contributed by atoms with Crippen LogP contribution in [0.1, 0.15) is 0 Å². The van der Waals surface area contributed by atoms with Crippen molar-refractivity contribution in [2.45, 2.75) is 0 Å². The largest absolute Gasteiger partial charge is 0.361 e. The molecule has 8 heavy (non-hydrogen) atoms. The van der Waals surface area contributed by atoms with Gasteiger partial charge >= 0.3 is 11.8 Å². The lowest BCUT2D eigenvalue weighted by Crippen LogP contribution is -2.34. The highest BCUT2D eigenvalue weighted by Gasteiger charge is 2.04. The van der Waals surface area contributed by atoms with E-state index in [9.17, 15) is 9.59 Å². The van der Waals surface area contributed by atoms with Crippen LogP contribution in [0.15, 0.2) is 0 Å². The van der Waals surface area contributed by atoms with Crippen LogP contribution in [0.3, 0.4) is 0 Å². The van der Waals surface area contributed by atoms with Crippen molar-refractivity contribution >= 4 is 34.4 Å². The van der Waals surface area contributed by atoms with Gasteiger partial charge in [0.15, 0.2) is 0 Å². The van der Waals surface area contributed by atoms with Gasteiger partial charge in [-0.15, -0.1) is 0 Å². The number of hydrogen-bond donors (Lipinski definition) is 2. The van der Waals surface area contributed by atoms with Crippen LogP contribution < -0.4 is 11.1 Å². The lowest BCUT2D eigenvalue weighted by atomic mass is 10.6. The Labute approximate surface area is 59.9 Å². The molecule has 0 heterocycles. The zero-order valence-electron chi connectivity index (χ0n) is 3.98. The van der Waals surface area contributed by atoms with Crippen molar-refractivity contribution in [3.05, 3.63) is 0 Å². The monoisotopic (exact) mass is 228 g/mol. The highest BCUT2D eigenvalue weighted by atomic mass is 127. The molecule has 0 unspecified atom stereocenters. The second-order valence-corrected chi connectivity index (χ2v) is 1.77. The second-order valence-electron chi connectivity index (χ2n) is 1.00. The number of carbonyl (C=O) groups is 2. The Morgan fingerprint density at radius 2 is 2.12 bits per heavy atom. The van der Waals surface area contributed by atoms with Gasteiger partial charge in [-0.1, -0.05) is 22.6 Å². The van der Waals surface area contributed by atoms with E-state index in [-0.39, 0.29) is 0 Å². The molecule has 0 aromatic heterocycles. The minimum Gasteiger partial charge on any atom is -0.361 e. The smallest absolute Gasteiger partial charge is 0.309 e. The van der Waals surface area contributed by atoms with Crippen LogP contribution in [-0.4, -0.2) is 16.4 Å². The maximum absolute atomic E-state index is 10.2. The number of carbonyl (C=O) groups excluding carboxylic acids is 2. The van der Waals surface area contributed by atoms with Crippen molar-refractivity contribution in [3.63, 3.8) is 0 Å². The second kappa shape index (κ2) is 3.65. The number of rotatable bonds is 1. The Morgan fingerprint density at radius 1 is 1.62 bits per heavy atom. The summed E-state index contributed by atoms with van der Waals surface area (Å²) in [4.78, 5) is 20.0. The molecule has 0 aromatic rings. The minimum atomic E-state index is -0.943. The Balaban J connectivity index is 3.49. The summed E-state index contributed by atoms with van der Waals surface area (Å²) in [7, 11) is 0. The van der Waals surface area contributed by atoms with Gasteiger partial charge in [-0.3, -0.25) is 9.59 Å². The quantitative estimate of drug-likeness (QED) is 0.261. The number of halogens is 1. The fourth-order valence-corrected chi connectivity index (χ4v) is 0.494. The zero-order chi connectivity index (χ0) is 6.57. The van der Waals surface area contributed by atoms with Crippen LogP contribution in [0.25, 0.3) is 0 Å². The molecule has 0 saturated heterocycles.